The summed E-state index contributed by atoms with van der Waals surface area (Å²) in [5.74, 6) is -1.20. The molecule has 2 amide bonds. The number of amides is 2. The maximum Gasteiger partial charge on any atom is 0.407 e. The first-order valence-electron chi connectivity index (χ1n) is 12.3. The van der Waals surface area contributed by atoms with Crippen LogP contribution in [0.3, 0.4) is 0 Å². The smallest absolute Gasteiger partial charge is 0.407 e. The Bertz CT molecular complexity index is 1070. The lowest BCUT2D eigenvalue weighted by atomic mass is 9.84. The molecule has 0 bridgehead atoms. The van der Waals surface area contributed by atoms with Crippen molar-refractivity contribution >= 4 is 18.0 Å². The molecule has 0 saturated carbocycles. The van der Waals surface area contributed by atoms with Crippen LogP contribution < -0.4 is 5.32 Å². The van der Waals surface area contributed by atoms with E-state index in [4.69, 9.17) is 4.74 Å². The first-order chi connectivity index (χ1) is 16.7. The summed E-state index contributed by atoms with van der Waals surface area (Å²) < 4.78 is 5.58. The molecule has 0 radical (unpaired) electrons. The number of carbonyl (C=O) groups is 3. The lowest BCUT2D eigenvalue weighted by molar-refractivity contribution is -0.151. The minimum absolute atomic E-state index is 0.00128. The lowest BCUT2D eigenvalue weighted by Gasteiger charge is -2.40. The maximum absolute atomic E-state index is 13.2. The topological polar surface area (TPSA) is 95.9 Å². The van der Waals surface area contributed by atoms with E-state index < -0.39 is 23.4 Å². The second-order valence-electron chi connectivity index (χ2n) is 10.3. The highest BCUT2D eigenvalue weighted by Crippen LogP contribution is 2.44. The van der Waals surface area contributed by atoms with Gasteiger partial charge >= 0.3 is 12.1 Å². The van der Waals surface area contributed by atoms with Gasteiger partial charge in [0.1, 0.15) is 6.61 Å². The van der Waals surface area contributed by atoms with Crippen molar-refractivity contribution < 1.29 is 24.2 Å². The molecule has 35 heavy (non-hydrogen) atoms. The predicted molar refractivity (Wildman–Crippen MR) is 133 cm³/mol. The van der Waals surface area contributed by atoms with Gasteiger partial charge < -0.3 is 20.1 Å². The monoisotopic (exact) mass is 478 g/mol. The van der Waals surface area contributed by atoms with Crippen molar-refractivity contribution in [2.45, 2.75) is 52.0 Å². The van der Waals surface area contributed by atoms with Crippen LogP contribution in [0.25, 0.3) is 11.1 Å². The molecule has 0 unspecified atom stereocenters. The number of rotatable bonds is 7. The van der Waals surface area contributed by atoms with Gasteiger partial charge in [0.05, 0.1) is 5.92 Å². The number of hydrogen-bond donors (Lipinski definition) is 2. The number of piperidine rings is 1. The molecular formula is C28H34N2O5. The van der Waals surface area contributed by atoms with E-state index in [1.165, 1.54) is 11.1 Å². The van der Waals surface area contributed by atoms with Gasteiger partial charge in [-0.2, -0.15) is 0 Å². The Hall–Kier alpha value is -3.35. The second-order valence-corrected chi connectivity index (χ2v) is 10.3. The van der Waals surface area contributed by atoms with Gasteiger partial charge in [0, 0.05) is 30.5 Å². The molecule has 1 aliphatic heterocycles. The van der Waals surface area contributed by atoms with Crippen LogP contribution in [0.5, 0.6) is 0 Å². The van der Waals surface area contributed by atoms with E-state index in [2.05, 4.69) is 29.6 Å². The quantitative estimate of drug-likeness (QED) is 0.604. The molecule has 0 spiro atoms. The maximum atomic E-state index is 13.2. The molecular weight excluding hydrogens is 444 g/mol. The molecule has 4 rings (SSSR count). The summed E-state index contributed by atoms with van der Waals surface area (Å²) in [5.41, 5.74) is 4.00. The van der Waals surface area contributed by atoms with Crippen LogP contribution in [0.2, 0.25) is 0 Å². The summed E-state index contributed by atoms with van der Waals surface area (Å²) in [4.78, 5) is 38.7. The van der Waals surface area contributed by atoms with Crippen molar-refractivity contribution in [1.29, 1.82) is 0 Å². The Balaban J connectivity index is 1.27. The van der Waals surface area contributed by atoms with E-state index in [-0.39, 0.29) is 24.5 Å². The van der Waals surface area contributed by atoms with Crippen molar-refractivity contribution in [1.82, 2.24) is 10.2 Å². The van der Waals surface area contributed by atoms with Crippen molar-refractivity contribution in [3.05, 3.63) is 59.7 Å². The number of fused-ring (bicyclic) bond motifs is 3. The van der Waals surface area contributed by atoms with Crippen LogP contribution in [-0.4, -0.2) is 53.7 Å². The Kier molecular flexibility index (Phi) is 7.15. The molecule has 7 heteroatoms. The van der Waals surface area contributed by atoms with Crippen LogP contribution >= 0.6 is 0 Å². The van der Waals surface area contributed by atoms with Crippen molar-refractivity contribution in [2.75, 3.05) is 19.7 Å². The van der Waals surface area contributed by atoms with Gasteiger partial charge in [-0.25, -0.2) is 4.79 Å². The Labute approximate surface area is 206 Å². The number of aliphatic carboxylic acids is 1. The van der Waals surface area contributed by atoms with Gasteiger partial charge in [-0.1, -0.05) is 62.4 Å². The molecule has 1 saturated heterocycles. The fraction of sp³-hybridized carbons (Fsp3) is 0.464. The fourth-order valence-corrected chi connectivity index (χ4v) is 5.32. The van der Waals surface area contributed by atoms with Gasteiger partial charge in [0.25, 0.3) is 0 Å². The molecule has 2 atom stereocenters. The number of carboxylic acid groups (broad SMARTS) is 1. The number of benzene rings is 2. The predicted octanol–water partition coefficient (Wildman–Crippen LogP) is 4.65. The average Bonchev–Trinajstić information content (AvgIpc) is 3.16. The minimum Gasteiger partial charge on any atom is -0.481 e. The SMILES string of the molecule is C[C@@H]1C[C@H](C(=O)O)CCN1C(=O)C(C)(C)CCNC(=O)OCC1c2ccccc2-c2ccccc21. The molecule has 2 N–H and O–H groups in total. The molecule has 1 fully saturated rings. The zero-order valence-corrected chi connectivity index (χ0v) is 20.6. The molecule has 186 valence electrons. The van der Waals surface area contributed by atoms with E-state index in [9.17, 15) is 19.5 Å². The Morgan fingerprint density at radius 2 is 1.66 bits per heavy atom. The zero-order chi connectivity index (χ0) is 25.2. The van der Waals surface area contributed by atoms with E-state index in [1.54, 1.807) is 4.90 Å². The van der Waals surface area contributed by atoms with Crippen LogP contribution in [0.1, 0.15) is 57.1 Å². The first-order valence-corrected chi connectivity index (χ1v) is 12.3. The molecule has 1 aliphatic carbocycles. The fourth-order valence-electron chi connectivity index (χ4n) is 5.32. The van der Waals surface area contributed by atoms with Crippen LogP contribution in [0, 0.1) is 11.3 Å². The molecule has 7 nitrogen and oxygen atoms in total. The highest BCUT2D eigenvalue weighted by Gasteiger charge is 2.38. The third-order valence-electron chi connectivity index (χ3n) is 7.43. The van der Waals surface area contributed by atoms with E-state index >= 15 is 0 Å². The second kappa shape index (κ2) is 10.1. The normalized spacial score (nSPS) is 19.6. The first kappa shape index (κ1) is 24.8. The van der Waals surface area contributed by atoms with E-state index in [0.29, 0.717) is 32.4 Å². The number of carbonyl (C=O) groups excluding carboxylic acids is 2. The molecule has 1 heterocycles. The summed E-state index contributed by atoms with van der Waals surface area (Å²) in [5, 5.41) is 12.1. The number of ether oxygens (including phenoxy) is 1. The number of carboxylic acids is 1. The Morgan fingerprint density at radius 3 is 2.23 bits per heavy atom. The van der Waals surface area contributed by atoms with E-state index in [0.717, 1.165) is 11.1 Å². The molecule has 2 aromatic carbocycles. The highest BCUT2D eigenvalue weighted by molar-refractivity contribution is 5.83. The number of hydrogen-bond acceptors (Lipinski definition) is 4. The summed E-state index contributed by atoms with van der Waals surface area (Å²) >= 11 is 0. The number of alkyl carbamates (subject to hydrolysis) is 1. The third-order valence-corrected chi connectivity index (χ3v) is 7.43. The minimum atomic E-state index is -0.796. The van der Waals surface area contributed by atoms with Gasteiger partial charge in [0.2, 0.25) is 5.91 Å². The van der Waals surface area contributed by atoms with Gasteiger partial charge in [0.15, 0.2) is 0 Å². The van der Waals surface area contributed by atoms with Crippen LogP contribution in [0.15, 0.2) is 48.5 Å². The summed E-state index contributed by atoms with van der Waals surface area (Å²) in [6, 6.07) is 16.3. The summed E-state index contributed by atoms with van der Waals surface area (Å²) in [6.07, 6.45) is 0.904. The van der Waals surface area contributed by atoms with Crippen molar-refractivity contribution in [2.24, 2.45) is 11.3 Å². The van der Waals surface area contributed by atoms with Crippen molar-refractivity contribution in [3.8, 4) is 11.1 Å². The van der Waals surface area contributed by atoms with E-state index in [1.807, 2.05) is 45.0 Å². The summed E-state index contributed by atoms with van der Waals surface area (Å²) in [6.45, 7) is 6.64. The average molecular weight is 479 g/mol. The third kappa shape index (κ3) is 5.19. The van der Waals surface area contributed by atoms with Gasteiger partial charge in [-0.05, 0) is 48.4 Å². The highest BCUT2D eigenvalue weighted by atomic mass is 16.5. The van der Waals surface area contributed by atoms with Crippen LogP contribution in [0.4, 0.5) is 4.79 Å². The standard InChI is InChI=1S/C28H34N2O5/c1-18-16-19(25(31)32)12-15-30(18)26(33)28(2,3)13-14-29-27(34)35-17-24-22-10-6-4-8-20(22)21-9-5-7-11-23(21)24/h4-11,18-19,24H,12-17H2,1-3H3,(H,29,34)(H,31,32)/t18-,19-/m1/s1. The van der Waals surface area contributed by atoms with Crippen LogP contribution in [-0.2, 0) is 14.3 Å². The number of nitrogens with zero attached hydrogens (tertiary/aromatic N) is 1. The van der Waals surface area contributed by atoms with Crippen molar-refractivity contribution in [3.63, 3.8) is 0 Å². The van der Waals surface area contributed by atoms with Gasteiger partial charge in [-0.3, -0.25) is 9.59 Å². The molecule has 2 aliphatic rings. The number of nitrogens with one attached hydrogen (secondary N) is 1. The largest absolute Gasteiger partial charge is 0.481 e. The lowest BCUT2D eigenvalue weighted by Crippen LogP contribution is -2.51. The summed E-state index contributed by atoms with van der Waals surface area (Å²) in [7, 11) is 0. The number of likely N-dealkylation sites (tertiary alicyclic amines) is 1. The van der Waals surface area contributed by atoms with Gasteiger partial charge in [-0.15, -0.1) is 0 Å². The molecule has 0 aromatic heterocycles. The molecule has 2 aromatic rings. The Morgan fingerprint density at radius 1 is 1.06 bits per heavy atom. The zero-order valence-electron chi connectivity index (χ0n) is 20.6.